The van der Waals surface area contributed by atoms with Crippen molar-refractivity contribution in [2.75, 3.05) is 6.26 Å². The zero-order valence-corrected chi connectivity index (χ0v) is 11.9. The molecule has 1 aromatic heterocycles. The molecule has 2 heterocycles. The molecule has 0 fully saturated rings. The molecule has 19 heavy (non-hydrogen) atoms. The van der Waals surface area contributed by atoms with E-state index in [2.05, 4.69) is 9.98 Å². The number of amidine groups is 1. The third-order valence-electron chi connectivity index (χ3n) is 2.56. The second-order valence-corrected chi connectivity index (χ2v) is 5.87. The van der Waals surface area contributed by atoms with Gasteiger partial charge < -0.3 is 4.90 Å². The van der Waals surface area contributed by atoms with Crippen molar-refractivity contribution in [2.24, 2.45) is 9.98 Å². The average Bonchev–Trinajstić information content (AvgIpc) is 2.80. The van der Waals surface area contributed by atoms with Gasteiger partial charge in [0.2, 0.25) is 0 Å². The minimum Gasteiger partial charge on any atom is -0.335 e. The molecule has 1 atom stereocenters. The molecule has 0 saturated heterocycles. The van der Waals surface area contributed by atoms with Gasteiger partial charge in [-0.1, -0.05) is 11.8 Å². The summed E-state index contributed by atoms with van der Waals surface area (Å²) in [6.07, 6.45) is -0.866. The van der Waals surface area contributed by atoms with Gasteiger partial charge in [-0.25, -0.2) is 9.98 Å². The topological polar surface area (TPSA) is 28.0 Å². The molecule has 0 amide bonds. The maximum Gasteiger partial charge on any atom is 0.425 e. The first-order valence-electron chi connectivity index (χ1n) is 5.48. The van der Waals surface area contributed by atoms with Gasteiger partial charge in [0.15, 0.2) is 5.17 Å². The Morgan fingerprint density at radius 2 is 2.16 bits per heavy atom. The molecule has 0 saturated carbocycles. The van der Waals surface area contributed by atoms with E-state index >= 15 is 0 Å². The van der Waals surface area contributed by atoms with E-state index in [0.29, 0.717) is 16.6 Å². The summed E-state index contributed by atoms with van der Waals surface area (Å²) >= 11 is 2.20. The number of alkyl halides is 3. The highest BCUT2D eigenvalue weighted by molar-refractivity contribution is 8.13. The molecular weight excluding hydrogens is 295 g/mol. The number of halogens is 3. The van der Waals surface area contributed by atoms with Crippen LogP contribution in [0.3, 0.4) is 0 Å². The van der Waals surface area contributed by atoms with Crippen LogP contribution in [-0.2, 0) is 12.7 Å². The molecule has 2 rings (SSSR count). The quantitative estimate of drug-likeness (QED) is 0.834. The van der Waals surface area contributed by atoms with Crippen LogP contribution in [0, 0.1) is 0 Å². The van der Waals surface area contributed by atoms with E-state index in [1.165, 1.54) is 17.8 Å². The largest absolute Gasteiger partial charge is 0.425 e. The van der Waals surface area contributed by atoms with Gasteiger partial charge in [0.25, 0.3) is 0 Å². The first-order valence-corrected chi connectivity index (χ1v) is 7.52. The van der Waals surface area contributed by atoms with Crippen LogP contribution in [0.25, 0.3) is 0 Å². The fourth-order valence-corrected chi connectivity index (χ4v) is 2.86. The SMILES string of the molecule is CSC1=NC(C)N(Cc2ccc(C(F)(F)F)s2)C=N1. The van der Waals surface area contributed by atoms with Gasteiger partial charge in [0, 0.05) is 4.88 Å². The highest BCUT2D eigenvalue weighted by Gasteiger charge is 2.32. The molecule has 0 radical (unpaired) electrons. The van der Waals surface area contributed by atoms with Gasteiger partial charge in [-0.2, -0.15) is 13.2 Å². The first kappa shape index (κ1) is 14.4. The second-order valence-electron chi connectivity index (χ2n) is 3.93. The van der Waals surface area contributed by atoms with Crippen molar-refractivity contribution in [3.63, 3.8) is 0 Å². The van der Waals surface area contributed by atoms with Crippen molar-refractivity contribution in [1.29, 1.82) is 0 Å². The summed E-state index contributed by atoms with van der Waals surface area (Å²) in [5.74, 6) is 0. The summed E-state index contributed by atoms with van der Waals surface area (Å²) in [6.45, 7) is 2.27. The number of hydrogen-bond donors (Lipinski definition) is 0. The van der Waals surface area contributed by atoms with Gasteiger partial charge in [-0.05, 0) is 25.3 Å². The molecule has 104 valence electrons. The average molecular weight is 307 g/mol. The van der Waals surface area contributed by atoms with Crippen LogP contribution in [0.15, 0.2) is 22.1 Å². The fraction of sp³-hybridized carbons (Fsp3) is 0.455. The molecule has 8 heteroatoms. The van der Waals surface area contributed by atoms with Crippen molar-refractivity contribution >= 4 is 34.6 Å². The zero-order valence-electron chi connectivity index (χ0n) is 10.3. The lowest BCUT2D eigenvalue weighted by atomic mass is 10.3. The Labute approximate surface area is 117 Å². The minimum absolute atomic E-state index is 0.114. The Kier molecular flexibility index (Phi) is 4.19. The van der Waals surface area contributed by atoms with Crippen LogP contribution < -0.4 is 0 Å². The van der Waals surface area contributed by atoms with Crippen LogP contribution in [-0.4, -0.2) is 28.8 Å². The lowest BCUT2D eigenvalue weighted by Crippen LogP contribution is -2.33. The monoisotopic (exact) mass is 307 g/mol. The number of rotatable bonds is 2. The summed E-state index contributed by atoms with van der Waals surface area (Å²) in [4.78, 5) is 10.3. The van der Waals surface area contributed by atoms with E-state index < -0.39 is 11.1 Å². The predicted octanol–water partition coefficient (Wildman–Crippen LogP) is 3.68. The summed E-state index contributed by atoms with van der Waals surface area (Å²) in [5.41, 5.74) is 0. The molecule has 1 unspecified atom stereocenters. The lowest BCUT2D eigenvalue weighted by Gasteiger charge is -2.26. The standard InChI is InChI=1S/C11H12F3N3S2/c1-7-16-10(18-2)15-6-17(7)5-8-3-4-9(19-8)11(12,13)14/h3-4,6-7H,5H2,1-2H3. The van der Waals surface area contributed by atoms with E-state index in [1.807, 2.05) is 18.1 Å². The van der Waals surface area contributed by atoms with Gasteiger partial charge in [0.05, 0.1) is 12.9 Å². The molecule has 3 nitrogen and oxygen atoms in total. The first-order chi connectivity index (χ1) is 8.90. The van der Waals surface area contributed by atoms with E-state index in [0.717, 1.165) is 17.4 Å². The zero-order chi connectivity index (χ0) is 14.0. The Bertz CT molecular complexity index is 508. The summed E-state index contributed by atoms with van der Waals surface area (Å²) in [7, 11) is 0. The Hall–Kier alpha value is -1.02. The fourth-order valence-electron chi connectivity index (χ4n) is 1.56. The maximum absolute atomic E-state index is 12.5. The van der Waals surface area contributed by atoms with E-state index in [9.17, 15) is 13.2 Å². The molecule has 0 spiro atoms. The van der Waals surface area contributed by atoms with Crippen LogP contribution in [0.1, 0.15) is 16.7 Å². The van der Waals surface area contributed by atoms with Crippen LogP contribution >= 0.6 is 23.1 Å². The highest BCUT2D eigenvalue weighted by Crippen LogP contribution is 2.35. The number of hydrogen-bond acceptors (Lipinski definition) is 5. The molecule has 1 aliphatic heterocycles. The Balaban J connectivity index is 2.05. The van der Waals surface area contributed by atoms with Gasteiger partial charge in [-0.3, -0.25) is 0 Å². The molecule has 0 bridgehead atoms. The molecule has 1 aromatic rings. The van der Waals surface area contributed by atoms with Crippen LogP contribution in [0.2, 0.25) is 0 Å². The molecule has 0 aliphatic carbocycles. The second kappa shape index (κ2) is 5.54. The lowest BCUT2D eigenvalue weighted by molar-refractivity contribution is -0.134. The van der Waals surface area contributed by atoms with E-state index in [4.69, 9.17) is 0 Å². The molecule has 0 aromatic carbocycles. The third-order valence-corrected chi connectivity index (χ3v) is 4.25. The summed E-state index contributed by atoms with van der Waals surface area (Å²) in [5, 5.41) is 0.686. The normalized spacial score (nSPS) is 19.7. The Morgan fingerprint density at radius 3 is 2.68 bits per heavy atom. The van der Waals surface area contributed by atoms with Gasteiger partial charge in [-0.15, -0.1) is 11.3 Å². The van der Waals surface area contributed by atoms with Gasteiger partial charge >= 0.3 is 6.18 Å². The smallest absolute Gasteiger partial charge is 0.335 e. The van der Waals surface area contributed by atoms with E-state index in [1.54, 1.807) is 6.34 Å². The minimum atomic E-state index is -4.27. The summed E-state index contributed by atoms with van der Waals surface area (Å²) in [6, 6.07) is 2.62. The van der Waals surface area contributed by atoms with Crippen molar-refractivity contribution in [2.45, 2.75) is 25.8 Å². The van der Waals surface area contributed by atoms with E-state index in [-0.39, 0.29) is 6.17 Å². The molecule has 0 N–H and O–H groups in total. The van der Waals surface area contributed by atoms with Crippen molar-refractivity contribution in [3.05, 3.63) is 21.9 Å². The van der Waals surface area contributed by atoms with Crippen molar-refractivity contribution in [1.82, 2.24) is 4.90 Å². The summed E-state index contributed by atoms with van der Waals surface area (Å²) < 4.78 is 37.5. The van der Waals surface area contributed by atoms with Crippen molar-refractivity contribution < 1.29 is 13.2 Å². The number of aliphatic imine (C=N–C) groups is 2. The van der Waals surface area contributed by atoms with Gasteiger partial charge in [0.1, 0.15) is 11.0 Å². The maximum atomic E-state index is 12.5. The van der Waals surface area contributed by atoms with Crippen LogP contribution in [0.5, 0.6) is 0 Å². The molecular formula is C11H12F3N3S2. The van der Waals surface area contributed by atoms with Crippen molar-refractivity contribution in [3.8, 4) is 0 Å². The predicted molar refractivity (Wildman–Crippen MR) is 73.8 cm³/mol. The molecule has 1 aliphatic rings. The third kappa shape index (κ3) is 3.50. The number of nitrogens with zero attached hydrogens (tertiary/aromatic N) is 3. The Morgan fingerprint density at radius 1 is 1.42 bits per heavy atom. The number of thiophene rings is 1. The number of thioether (sulfide) groups is 1. The highest BCUT2D eigenvalue weighted by atomic mass is 32.2. The van der Waals surface area contributed by atoms with Crippen LogP contribution in [0.4, 0.5) is 13.2 Å².